The fourth-order valence-corrected chi connectivity index (χ4v) is 1.87. The number of aromatic nitrogens is 2. The van der Waals surface area contributed by atoms with Crippen LogP contribution >= 0.6 is 23.2 Å². The number of hydrogen-bond donors (Lipinski definition) is 2. The van der Waals surface area contributed by atoms with Crippen molar-refractivity contribution >= 4 is 23.2 Å². The summed E-state index contributed by atoms with van der Waals surface area (Å²) in [5.41, 5.74) is 7.47. The van der Waals surface area contributed by atoms with Crippen LogP contribution in [-0.2, 0) is 6.42 Å². The van der Waals surface area contributed by atoms with Crippen molar-refractivity contribution in [3.05, 3.63) is 40.1 Å². The number of hydrogen-bond acceptors (Lipinski definition) is 2. The quantitative estimate of drug-likeness (QED) is 0.895. The molecule has 0 atom stereocenters. The highest BCUT2D eigenvalue weighted by atomic mass is 35.5. The summed E-state index contributed by atoms with van der Waals surface area (Å²) in [5, 5.41) is 1.08. The Kier molecular flexibility index (Phi) is 4.05. The number of nitrogens with zero attached hydrogens (tertiary/aromatic N) is 1. The molecule has 1 heterocycles. The first-order valence-corrected chi connectivity index (χ1v) is 6.15. The number of aromatic amines is 1. The van der Waals surface area contributed by atoms with Gasteiger partial charge in [-0.2, -0.15) is 0 Å². The number of H-pyrrole nitrogens is 1. The lowest BCUT2D eigenvalue weighted by Gasteiger charge is -2.00. The smallest absolute Gasteiger partial charge is 0.137 e. The lowest BCUT2D eigenvalue weighted by molar-refractivity contribution is 0.816. The van der Waals surface area contributed by atoms with Crippen LogP contribution in [0, 0.1) is 0 Å². The van der Waals surface area contributed by atoms with Crippen molar-refractivity contribution in [2.24, 2.45) is 5.73 Å². The van der Waals surface area contributed by atoms with E-state index in [9.17, 15) is 0 Å². The molecule has 0 bridgehead atoms. The number of nitrogens with two attached hydrogens (primary N) is 1. The molecule has 3 nitrogen and oxygen atoms in total. The van der Waals surface area contributed by atoms with Crippen molar-refractivity contribution in [3.63, 3.8) is 0 Å². The van der Waals surface area contributed by atoms with Crippen molar-refractivity contribution in [3.8, 4) is 11.4 Å². The molecule has 0 saturated carbocycles. The Labute approximate surface area is 110 Å². The molecule has 2 rings (SSSR count). The van der Waals surface area contributed by atoms with E-state index < -0.39 is 0 Å². The first-order valence-electron chi connectivity index (χ1n) is 5.40. The molecule has 1 aromatic carbocycles. The number of benzene rings is 1. The Balaban J connectivity index is 2.21. The minimum atomic E-state index is 0.532. The summed E-state index contributed by atoms with van der Waals surface area (Å²) in [6.07, 6.45) is 3.68. The summed E-state index contributed by atoms with van der Waals surface area (Å²) in [6, 6.07) is 5.45. The van der Waals surface area contributed by atoms with E-state index in [-0.39, 0.29) is 0 Å². The van der Waals surface area contributed by atoms with Crippen LogP contribution in [-0.4, -0.2) is 16.5 Å². The van der Waals surface area contributed by atoms with Gasteiger partial charge in [-0.1, -0.05) is 23.2 Å². The van der Waals surface area contributed by atoms with E-state index in [0.29, 0.717) is 16.6 Å². The fraction of sp³-hybridized carbons (Fsp3) is 0.250. The molecule has 0 unspecified atom stereocenters. The first kappa shape index (κ1) is 12.4. The maximum absolute atomic E-state index is 5.96. The van der Waals surface area contributed by atoms with E-state index in [1.54, 1.807) is 12.1 Å². The topological polar surface area (TPSA) is 54.7 Å². The molecule has 0 fully saturated rings. The minimum Gasteiger partial charge on any atom is -0.342 e. The van der Waals surface area contributed by atoms with Gasteiger partial charge in [0.25, 0.3) is 0 Å². The van der Waals surface area contributed by atoms with Gasteiger partial charge in [0.1, 0.15) is 5.82 Å². The molecule has 0 amide bonds. The van der Waals surface area contributed by atoms with Crippen LogP contribution < -0.4 is 5.73 Å². The van der Waals surface area contributed by atoms with E-state index in [1.165, 1.54) is 0 Å². The molecule has 0 aliphatic carbocycles. The molecule has 5 heteroatoms. The van der Waals surface area contributed by atoms with Crippen LogP contribution in [0.25, 0.3) is 11.4 Å². The van der Waals surface area contributed by atoms with Gasteiger partial charge in [-0.05, 0) is 37.6 Å². The van der Waals surface area contributed by atoms with E-state index in [4.69, 9.17) is 28.9 Å². The Bertz CT molecular complexity index is 508. The van der Waals surface area contributed by atoms with Gasteiger partial charge < -0.3 is 10.7 Å². The SMILES string of the molecule is NCCCc1cnc(-c2ccc(Cl)c(Cl)c2)[nH]1. The molecule has 0 aliphatic heterocycles. The highest BCUT2D eigenvalue weighted by Gasteiger charge is 2.05. The van der Waals surface area contributed by atoms with Crippen LogP contribution in [0.3, 0.4) is 0 Å². The van der Waals surface area contributed by atoms with Gasteiger partial charge >= 0.3 is 0 Å². The zero-order valence-electron chi connectivity index (χ0n) is 9.21. The zero-order valence-corrected chi connectivity index (χ0v) is 10.7. The maximum Gasteiger partial charge on any atom is 0.137 e. The summed E-state index contributed by atoms with van der Waals surface area (Å²) < 4.78 is 0. The number of aryl methyl sites for hydroxylation is 1. The Morgan fingerprint density at radius 2 is 2.06 bits per heavy atom. The average Bonchev–Trinajstić information content (AvgIpc) is 2.79. The monoisotopic (exact) mass is 269 g/mol. The van der Waals surface area contributed by atoms with Gasteiger partial charge in [0.2, 0.25) is 0 Å². The molecule has 0 radical (unpaired) electrons. The average molecular weight is 270 g/mol. The van der Waals surface area contributed by atoms with Crippen LogP contribution in [0.15, 0.2) is 24.4 Å². The second-order valence-corrected chi connectivity index (χ2v) is 4.59. The van der Waals surface area contributed by atoms with Gasteiger partial charge in [-0.15, -0.1) is 0 Å². The summed E-state index contributed by atoms with van der Waals surface area (Å²) in [5.74, 6) is 0.801. The van der Waals surface area contributed by atoms with E-state index in [1.807, 2.05) is 12.3 Å². The highest BCUT2D eigenvalue weighted by Crippen LogP contribution is 2.27. The Morgan fingerprint density at radius 1 is 1.24 bits per heavy atom. The standard InChI is InChI=1S/C12H13Cl2N3/c13-10-4-3-8(6-11(10)14)12-16-7-9(17-12)2-1-5-15/h3-4,6-7H,1-2,5,15H2,(H,16,17). The van der Waals surface area contributed by atoms with Gasteiger partial charge in [0.15, 0.2) is 0 Å². The molecule has 2 aromatic rings. The van der Waals surface area contributed by atoms with Crippen LogP contribution in [0.2, 0.25) is 10.0 Å². The normalized spacial score (nSPS) is 10.8. The van der Waals surface area contributed by atoms with Crippen molar-refractivity contribution in [1.29, 1.82) is 0 Å². The van der Waals surface area contributed by atoms with Crippen molar-refractivity contribution < 1.29 is 0 Å². The molecule has 0 saturated heterocycles. The van der Waals surface area contributed by atoms with Gasteiger partial charge in [0, 0.05) is 17.5 Å². The second-order valence-electron chi connectivity index (χ2n) is 3.78. The zero-order chi connectivity index (χ0) is 12.3. The Hall–Kier alpha value is -1.03. The summed E-state index contributed by atoms with van der Waals surface area (Å²) >= 11 is 11.8. The number of halogens is 2. The van der Waals surface area contributed by atoms with Gasteiger partial charge in [-0.3, -0.25) is 0 Å². The predicted molar refractivity (Wildman–Crippen MR) is 71.4 cm³/mol. The van der Waals surface area contributed by atoms with Crippen molar-refractivity contribution in [1.82, 2.24) is 9.97 Å². The number of nitrogens with one attached hydrogen (secondary N) is 1. The van der Waals surface area contributed by atoms with E-state index in [2.05, 4.69) is 9.97 Å². The number of rotatable bonds is 4. The minimum absolute atomic E-state index is 0.532. The lowest BCUT2D eigenvalue weighted by atomic mass is 10.2. The molecule has 3 N–H and O–H groups in total. The summed E-state index contributed by atoms with van der Waals surface area (Å²) in [6.45, 7) is 0.682. The predicted octanol–water partition coefficient (Wildman–Crippen LogP) is 3.27. The van der Waals surface area contributed by atoms with Crippen LogP contribution in [0.4, 0.5) is 0 Å². The third-order valence-corrected chi connectivity index (χ3v) is 3.21. The summed E-state index contributed by atoms with van der Waals surface area (Å²) in [7, 11) is 0. The van der Waals surface area contributed by atoms with Crippen molar-refractivity contribution in [2.75, 3.05) is 6.54 Å². The van der Waals surface area contributed by atoms with Gasteiger partial charge in [-0.25, -0.2) is 4.98 Å². The molecule has 1 aromatic heterocycles. The molecule has 17 heavy (non-hydrogen) atoms. The first-order chi connectivity index (χ1) is 8.20. The highest BCUT2D eigenvalue weighted by molar-refractivity contribution is 6.42. The third-order valence-electron chi connectivity index (χ3n) is 2.47. The number of imidazole rings is 1. The largest absolute Gasteiger partial charge is 0.342 e. The summed E-state index contributed by atoms with van der Waals surface area (Å²) in [4.78, 5) is 7.55. The lowest BCUT2D eigenvalue weighted by Crippen LogP contribution is -2.00. The molecule has 90 valence electrons. The Morgan fingerprint density at radius 3 is 2.76 bits per heavy atom. The second kappa shape index (κ2) is 5.54. The van der Waals surface area contributed by atoms with Crippen LogP contribution in [0.1, 0.15) is 12.1 Å². The molecular weight excluding hydrogens is 257 g/mol. The maximum atomic E-state index is 5.96. The molecular formula is C12H13Cl2N3. The third kappa shape index (κ3) is 3.00. The van der Waals surface area contributed by atoms with E-state index >= 15 is 0 Å². The van der Waals surface area contributed by atoms with E-state index in [0.717, 1.165) is 29.9 Å². The van der Waals surface area contributed by atoms with Gasteiger partial charge in [0.05, 0.1) is 10.0 Å². The molecule has 0 spiro atoms. The van der Waals surface area contributed by atoms with Crippen LogP contribution in [0.5, 0.6) is 0 Å². The van der Waals surface area contributed by atoms with Crippen molar-refractivity contribution in [2.45, 2.75) is 12.8 Å². The molecule has 0 aliphatic rings. The fourth-order valence-electron chi connectivity index (χ4n) is 1.57.